The number of rotatable bonds is 5. The summed E-state index contributed by atoms with van der Waals surface area (Å²) >= 11 is 0. The van der Waals surface area contributed by atoms with Gasteiger partial charge in [0.15, 0.2) is 0 Å². The molecule has 0 bridgehead atoms. The number of para-hydroxylation sites is 1. The third-order valence-corrected chi connectivity index (χ3v) is 6.17. The first-order valence-corrected chi connectivity index (χ1v) is 9.86. The highest BCUT2D eigenvalue weighted by molar-refractivity contribution is 5.84. The lowest BCUT2D eigenvalue weighted by molar-refractivity contribution is -0.133. The van der Waals surface area contributed by atoms with Crippen molar-refractivity contribution in [3.8, 4) is 0 Å². The average Bonchev–Trinajstić information content (AvgIpc) is 3.37. The molecule has 134 valence electrons. The molecule has 2 aliphatic rings. The van der Waals surface area contributed by atoms with Gasteiger partial charge in [0.05, 0.1) is 0 Å². The van der Waals surface area contributed by atoms with E-state index in [0.717, 1.165) is 31.4 Å². The second kappa shape index (κ2) is 7.20. The van der Waals surface area contributed by atoms with Crippen molar-refractivity contribution in [1.82, 2.24) is 14.8 Å². The molecule has 1 N–H and O–H groups in total. The minimum atomic E-state index is 0.343. The maximum atomic E-state index is 12.9. The van der Waals surface area contributed by atoms with Crippen LogP contribution in [0.15, 0.2) is 30.5 Å². The van der Waals surface area contributed by atoms with E-state index in [1.165, 1.54) is 36.8 Å². The molecule has 25 heavy (non-hydrogen) atoms. The highest BCUT2D eigenvalue weighted by Crippen LogP contribution is 2.30. The number of benzene rings is 1. The number of H-pyrrole nitrogens is 1. The van der Waals surface area contributed by atoms with Gasteiger partial charge in [-0.15, -0.1) is 0 Å². The van der Waals surface area contributed by atoms with E-state index < -0.39 is 0 Å². The summed E-state index contributed by atoms with van der Waals surface area (Å²) in [7, 11) is 0. The zero-order chi connectivity index (χ0) is 17.2. The molecular formula is C21H29N3O. The van der Waals surface area contributed by atoms with E-state index in [0.29, 0.717) is 24.4 Å². The molecule has 2 aromatic rings. The molecule has 1 aromatic carbocycles. The van der Waals surface area contributed by atoms with Gasteiger partial charge in [0.25, 0.3) is 0 Å². The summed E-state index contributed by atoms with van der Waals surface area (Å²) in [5.74, 6) is 0.343. The summed E-state index contributed by atoms with van der Waals surface area (Å²) in [5.41, 5.74) is 2.42. The lowest BCUT2D eigenvalue weighted by atomic mass is 10.0. The van der Waals surface area contributed by atoms with Crippen molar-refractivity contribution in [2.75, 3.05) is 19.6 Å². The zero-order valence-electron chi connectivity index (χ0n) is 15.2. The number of carbonyl (C=O) groups excluding carboxylic acids is 1. The summed E-state index contributed by atoms with van der Waals surface area (Å²) in [6.07, 6.45) is 8.40. The van der Waals surface area contributed by atoms with Gasteiger partial charge in [-0.05, 0) is 56.8 Å². The molecular weight excluding hydrogens is 310 g/mol. The summed E-state index contributed by atoms with van der Waals surface area (Å²) in [6.45, 7) is 5.51. The largest absolute Gasteiger partial charge is 0.361 e. The molecule has 0 radical (unpaired) electrons. The Hall–Kier alpha value is -1.81. The Morgan fingerprint density at radius 2 is 1.96 bits per heavy atom. The molecule has 0 saturated carbocycles. The predicted molar refractivity (Wildman–Crippen MR) is 102 cm³/mol. The minimum Gasteiger partial charge on any atom is -0.361 e. The van der Waals surface area contributed by atoms with Crippen LogP contribution in [-0.4, -0.2) is 52.4 Å². The molecule has 3 heterocycles. The molecule has 2 fully saturated rings. The first-order valence-electron chi connectivity index (χ1n) is 9.86. The number of nitrogens with zero attached hydrogens (tertiary/aromatic N) is 2. The van der Waals surface area contributed by atoms with Gasteiger partial charge >= 0.3 is 0 Å². The predicted octanol–water partition coefficient (Wildman–Crippen LogP) is 3.58. The number of aromatic amines is 1. The second-order valence-electron chi connectivity index (χ2n) is 7.49. The first-order chi connectivity index (χ1) is 12.3. The van der Waals surface area contributed by atoms with E-state index in [4.69, 9.17) is 0 Å². The maximum absolute atomic E-state index is 12.9. The van der Waals surface area contributed by atoms with Gasteiger partial charge in [-0.3, -0.25) is 9.69 Å². The van der Waals surface area contributed by atoms with Gasteiger partial charge in [-0.25, -0.2) is 0 Å². The summed E-state index contributed by atoms with van der Waals surface area (Å²) in [6, 6.07) is 9.38. The van der Waals surface area contributed by atoms with Crippen LogP contribution >= 0.6 is 0 Å². The smallest absolute Gasteiger partial charge is 0.223 e. The fraction of sp³-hybridized carbons (Fsp3) is 0.571. The van der Waals surface area contributed by atoms with Gasteiger partial charge in [0, 0.05) is 42.1 Å². The Balaban J connectivity index is 1.42. The number of nitrogens with one attached hydrogen (secondary N) is 1. The van der Waals surface area contributed by atoms with E-state index in [9.17, 15) is 4.79 Å². The first kappa shape index (κ1) is 16.6. The van der Waals surface area contributed by atoms with E-state index in [1.54, 1.807) is 0 Å². The van der Waals surface area contributed by atoms with Gasteiger partial charge in [-0.2, -0.15) is 0 Å². The van der Waals surface area contributed by atoms with Crippen molar-refractivity contribution in [3.63, 3.8) is 0 Å². The Bertz CT molecular complexity index is 738. The number of likely N-dealkylation sites (tertiary alicyclic amines) is 2. The molecule has 4 heteroatoms. The molecule has 0 unspecified atom stereocenters. The maximum Gasteiger partial charge on any atom is 0.223 e. The number of aromatic nitrogens is 1. The third kappa shape index (κ3) is 3.20. The molecule has 0 spiro atoms. The standard InChI is InChI=1S/C21H29N3O/c1-2-23-13-5-9-19(23)20-10-6-14-24(20)21(25)12-11-16-15-22-18-8-4-3-7-17(16)18/h3-4,7-8,15,19-20,22H,2,5-6,9-14H2,1H3/t19-,20-/m1/s1. The topological polar surface area (TPSA) is 39.3 Å². The zero-order valence-corrected chi connectivity index (χ0v) is 15.2. The monoisotopic (exact) mass is 339 g/mol. The SMILES string of the molecule is CCN1CCC[C@@H]1[C@H]1CCCN1C(=O)CCc1c[nH]c2ccccc12. The Kier molecular flexibility index (Phi) is 4.80. The van der Waals surface area contributed by atoms with Gasteiger partial charge in [-0.1, -0.05) is 25.1 Å². The highest BCUT2D eigenvalue weighted by atomic mass is 16.2. The Morgan fingerprint density at radius 1 is 1.16 bits per heavy atom. The van der Waals surface area contributed by atoms with E-state index in [-0.39, 0.29) is 0 Å². The van der Waals surface area contributed by atoms with Gasteiger partial charge in [0.1, 0.15) is 0 Å². The second-order valence-corrected chi connectivity index (χ2v) is 7.49. The van der Waals surface area contributed by atoms with Crippen molar-refractivity contribution in [1.29, 1.82) is 0 Å². The summed E-state index contributed by atoms with van der Waals surface area (Å²) < 4.78 is 0. The van der Waals surface area contributed by atoms with Gasteiger partial charge in [0.2, 0.25) is 5.91 Å². The van der Waals surface area contributed by atoms with Crippen LogP contribution in [0.4, 0.5) is 0 Å². The number of hydrogen-bond acceptors (Lipinski definition) is 2. The van der Waals surface area contributed by atoms with Crippen molar-refractivity contribution < 1.29 is 4.79 Å². The van der Waals surface area contributed by atoms with Crippen LogP contribution in [0.3, 0.4) is 0 Å². The number of likely N-dealkylation sites (N-methyl/N-ethyl adjacent to an activating group) is 1. The fourth-order valence-electron chi connectivity index (χ4n) is 4.91. The molecule has 1 amide bonds. The molecule has 2 saturated heterocycles. The number of aryl methyl sites for hydroxylation is 1. The Morgan fingerprint density at radius 3 is 2.84 bits per heavy atom. The van der Waals surface area contributed by atoms with Crippen LogP contribution in [0.1, 0.15) is 44.6 Å². The quantitative estimate of drug-likeness (QED) is 0.904. The molecule has 0 aliphatic carbocycles. The van der Waals surface area contributed by atoms with Gasteiger partial charge < -0.3 is 9.88 Å². The van der Waals surface area contributed by atoms with Crippen molar-refractivity contribution in [2.45, 2.75) is 57.5 Å². The number of amides is 1. The van der Waals surface area contributed by atoms with Crippen LogP contribution in [0.25, 0.3) is 10.9 Å². The van der Waals surface area contributed by atoms with E-state index in [1.807, 2.05) is 6.07 Å². The van der Waals surface area contributed by atoms with Crippen molar-refractivity contribution in [3.05, 3.63) is 36.0 Å². The molecule has 1 aromatic heterocycles. The van der Waals surface area contributed by atoms with Crippen LogP contribution in [0, 0.1) is 0 Å². The van der Waals surface area contributed by atoms with Crippen LogP contribution in [0.2, 0.25) is 0 Å². The number of fused-ring (bicyclic) bond motifs is 1. The average molecular weight is 339 g/mol. The molecule has 4 rings (SSSR count). The van der Waals surface area contributed by atoms with Crippen molar-refractivity contribution >= 4 is 16.8 Å². The third-order valence-electron chi connectivity index (χ3n) is 6.17. The minimum absolute atomic E-state index is 0.343. The lowest BCUT2D eigenvalue weighted by Gasteiger charge is -2.34. The van der Waals surface area contributed by atoms with E-state index in [2.05, 4.69) is 46.1 Å². The van der Waals surface area contributed by atoms with Crippen LogP contribution < -0.4 is 0 Å². The van der Waals surface area contributed by atoms with Crippen LogP contribution in [-0.2, 0) is 11.2 Å². The molecule has 2 atom stereocenters. The lowest BCUT2D eigenvalue weighted by Crippen LogP contribution is -2.48. The summed E-state index contributed by atoms with van der Waals surface area (Å²) in [4.78, 5) is 21.0. The normalized spacial score (nSPS) is 24.4. The summed E-state index contributed by atoms with van der Waals surface area (Å²) in [5, 5.41) is 1.25. The molecule has 4 nitrogen and oxygen atoms in total. The highest BCUT2D eigenvalue weighted by Gasteiger charge is 2.38. The van der Waals surface area contributed by atoms with Crippen molar-refractivity contribution in [2.24, 2.45) is 0 Å². The molecule has 2 aliphatic heterocycles. The number of hydrogen-bond donors (Lipinski definition) is 1. The van der Waals surface area contributed by atoms with Crippen LogP contribution in [0.5, 0.6) is 0 Å². The van der Waals surface area contributed by atoms with E-state index >= 15 is 0 Å². The Labute approximate surface area is 150 Å². The fourth-order valence-corrected chi connectivity index (χ4v) is 4.91. The number of carbonyl (C=O) groups is 1.